The summed E-state index contributed by atoms with van der Waals surface area (Å²) in [4.78, 5) is 24.0. The van der Waals surface area contributed by atoms with E-state index in [4.69, 9.17) is 5.11 Å². The molecule has 1 atom stereocenters. The number of thioether (sulfide) groups is 1. The third-order valence-electron chi connectivity index (χ3n) is 1.53. The summed E-state index contributed by atoms with van der Waals surface area (Å²) in [6.07, 6.45) is 3.21. The molecule has 0 aromatic heterocycles. The van der Waals surface area contributed by atoms with Crippen molar-refractivity contribution in [3.63, 3.8) is 0 Å². The molecule has 0 radical (unpaired) electrons. The second kappa shape index (κ2) is 10.9. The van der Waals surface area contributed by atoms with Gasteiger partial charge in [0.25, 0.3) is 0 Å². The topological polar surface area (TPSA) is 113 Å². The summed E-state index contributed by atoms with van der Waals surface area (Å²) < 4.78 is 0. The van der Waals surface area contributed by atoms with Crippen LogP contribution in [0.3, 0.4) is 0 Å². The predicted octanol–water partition coefficient (Wildman–Crippen LogP) is -2.12. The zero-order valence-corrected chi connectivity index (χ0v) is 12.3. The third kappa shape index (κ3) is 10.6. The van der Waals surface area contributed by atoms with Crippen LogP contribution in [0.5, 0.6) is 0 Å². The molecule has 8 heteroatoms. The quantitative estimate of drug-likeness (QED) is 0.247. The fourth-order valence-electron chi connectivity index (χ4n) is 0.809. The average molecular weight is 285 g/mol. The number of carbonyl (C=O) groups is 2. The number of carbonyl (C=O) groups excluding carboxylic acids is 1. The Hall–Kier alpha value is -0.240. The zero-order chi connectivity index (χ0) is 12.6. The Bertz CT molecular complexity index is 319. The van der Waals surface area contributed by atoms with Crippen molar-refractivity contribution in [2.75, 3.05) is 12.0 Å². The first-order chi connectivity index (χ1) is 7.47. The number of hydrogen-bond donors (Lipinski definition) is 1. The van der Waals surface area contributed by atoms with E-state index in [0.29, 0.717) is 17.9 Å². The fourth-order valence-corrected chi connectivity index (χ4v) is 1.27. The van der Waals surface area contributed by atoms with Gasteiger partial charge in [0.05, 0.1) is 5.97 Å². The second-order valence-corrected chi connectivity index (χ2v) is 3.74. The molecule has 1 N–H and O–H groups in total. The number of nitrogens with zero attached hydrogens (tertiary/aromatic N) is 1. The van der Waals surface area contributed by atoms with Gasteiger partial charge in [0.2, 0.25) is 0 Å². The number of hydrogen-bond acceptors (Lipinski definition) is 6. The van der Waals surface area contributed by atoms with E-state index in [1.54, 1.807) is 6.26 Å². The molecule has 0 amide bonds. The SMILES string of the molecule is CSCCC(N=C([O-])C=CC(=O)[O-])C(=O)O.[Ca+2]. The molecule has 0 fully saturated rings. The molecule has 1 unspecified atom stereocenters. The molecule has 0 aromatic rings. The van der Waals surface area contributed by atoms with Crippen molar-refractivity contribution in [3.8, 4) is 0 Å². The van der Waals surface area contributed by atoms with Crippen LogP contribution in [0.2, 0.25) is 0 Å². The van der Waals surface area contributed by atoms with E-state index in [1.807, 2.05) is 0 Å². The third-order valence-corrected chi connectivity index (χ3v) is 2.17. The van der Waals surface area contributed by atoms with Crippen LogP contribution in [-0.2, 0) is 9.59 Å². The van der Waals surface area contributed by atoms with Crippen LogP contribution in [0, 0.1) is 0 Å². The van der Waals surface area contributed by atoms with E-state index in [0.717, 1.165) is 0 Å². The van der Waals surface area contributed by atoms with Gasteiger partial charge in [-0.05, 0) is 30.4 Å². The summed E-state index contributed by atoms with van der Waals surface area (Å²) in [5, 5.41) is 29.7. The summed E-state index contributed by atoms with van der Waals surface area (Å²) in [5.41, 5.74) is 0. The van der Waals surface area contributed by atoms with Gasteiger partial charge in [-0.1, -0.05) is 6.08 Å². The van der Waals surface area contributed by atoms with Gasteiger partial charge in [-0.2, -0.15) is 11.8 Å². The van der Waals surface area contributed by atoms with Crippen molar-refractivity contribution in [2.24, 2.45) is 4.99 Å². The minimum absolute atomic E-state index is 0. The van der Waals surface area contributed by atoms with Gasteiger partial charge < -0.3 is 20.1 Å². The van der Waals surface area contributed by atoms with Crippen molar-refractivity contribution in [2.45, 2.75) is 12.5 Å². The van der Waals surface area contributed by atoms with Crippen LogP contribution in [0.4, 0.5) is 0 Å². The van der Waals surface area contributed by atoms with Crippen LogP contribution < -0.4 is 10.2 Å². The number of aliphatic carboxylic acids is 2. The molecule has 0 rings (SSSR count). The van der Waals surface area contributed by atoms with Gasteiger partial charge in [0, 0.05) is 0 Å². The standard InChI is InChI=1S/C9H13NO5S.Ca/c1-16-5-4-6(9(14)15)10-7(11)2-3-8(12)13;/h2-3,6H,4-5H2,1H3,(H,10,11)(H,12,13)(H,14,15);/q;+2/p-2. The van der Waals surface area contributed by atoms with Crippen molar-refractivity contribution in [1.82, 2.24) is 0 Å². The van der Waals surface area contributed by atoms with Crippen molar-refractivity contribution in [1.29, 1.82) is 0 Å². The van der Waals surface area contributed by atoms with E-state index in [9.17, 15) is 19.8 Å². The van der Waals surface area contributed by atoms with E-state index in [-0.39, 0.29) is 44.2 Å². The number of carboxylic acids is 2. The molecule has 0 aromatic carbocycles. The van der Waals surface area contributed by atoms with Crippen molar-refractivity contribution < 1.29 is 24.9 Å². The first kappa shape index (κ1) is 19.1. The second-order valence-electron chi connectivity index (χ2n) is 2.76. The van der Waals surface area contributed by atoms with Crippen LogP contribution in [0.15, 0.2) is 17.1 Å². The number of carboxylic acid groups (broad SMARTS) is 2. The molecule has 0 heterocycles. The van der Waals surface area contributed by atoms with Gasteiger partial charge in [0.15, 0.2) is 0 Å². The van der Waals surface area contributed by atoms with Crippen LogP contribution in [-0.4, -0.2) is 78.7 Å². The minimum atomic E-state index is -1.53. The molecule has 0 saturated heterocycles. The van der Waals surface area contributed by atoms with E-state index in [1.165, 1.54) is 11.8 Å². The molecule has 0 aliphatic carbocycles. The molecule has 0 spiro atoms. The molecule has 90 valence electrons. The van der Waals surface area contributed by atoms with Gasteiger partial charge >= 0.3 is 43.7 Å². The number of rotatable bonds is 7. The Balaban J connectivity index is 0. The summed E-state index contributed by atoms with van der Waals surface area (Å²) in [5.74, 6) is -3.07. The number of aliphatic imine (C=N–C) groups is 1. The Morgan fingerprint density at radius 2 is 2.00 bits per heavy atom. The van der Waals surface area contributed by atoms with Crippen LogP contribution >= 0.6 is 11.8 Å². The molecular formula is C9H11CaNO5S. The Labute approximate surface area is 133 Å². The molecule has 17 heavy (non-hydrogen) atoms. The Kier molecular flexibility index (Phi) is 12.2. The smallest absolute Gasteiger partial charge is 0.859 e. The van der Waals surface area contributed by atoms with E-state index < -0.39 is 23.9 Å². The molecule has 0 saturated carbocycles. The summed E-state index contributed by atoms with van der Waals surface area (Å²) in [7, 11) is 0. The van der Waals surface area contributed by atoms with Crippen LogP contribution in [0.25, 0.3) is 0 Å². The Morgan fingerprint density at radius 3 is 2.41 bits per heavy atom. The maximum absolute atomic E-state index is 11.0. The monoisotopic (exact) mass is 285 g/mol. The maximum atomic E-state index is 11.0. The molecule has 6 nitrogen and oxygen atoms in total. The van der Waals surface area contributed by atoms with Gasteiger partial charge in [0.1, 0.15) is 6.04 Å². The van der Waals surface area contributed by atoms with Crippen molar-refractivity contribution >= 4 is 67.3 Å². The van der Waals surface area contributed by atoms with E-state index in [2.05, 4.69) is 4.99 Å². The molecule has 0 aliphatic heterocycles. The minimum Gasteiger partial charge on any atom is -0.859 e. The van der Waals surface area contributed by atoms with Crippen LogP contribution in [0.1, 0.15) is 6.42 Å². The first-order valence-corrected chi connectivity index (χ1v) is 5.72. The molecule has 0 aliphatic rings. The summed E-state index contributed by atoms with van der Waals surface area (Å²) in [6.45, 7) is 0. The van der Waals surface area contributed by atoms with E-state index >= 15 is 0 Å². The van der Waals surface area contributed by atoms with Gasteiger partial charge in [-0.15, -0.1) is 0 Å². The largest absolute Gasteiger partial charge is 2.00 e. The van der Waals surface area contributed by atoms with Gasteiger partial charge in [-0.3, -0.25) is 4.99 Å². The first-order valence-electron chi connectivity index (χ1n) is 4.33. The zero-order valence-electron chi connectivity index (χ0n) is 9.29. The molecular weight excluding hydrogens is 274 g/mol. The average Bonchev–Trinajstić information content (AvgIpc) is 2.20. The Morgan fingerprint density at radius 1 is 1.41 bits per heavy atom. The maximum Gasteiger partial charge on any atom is 2.00 e. The van der Waals surface area contributed by atoms with Crippen molar-refractivity contribution in [3.05, 3.63) is 12.2 Å². The normalized spacial score (nSPS) is 13.1. The predicted molar refractivity (Wildman–Crippen MR) is 61.8 cm³/mol. The molecule has 0 bridgehead atoms. The summed E-state index contributed by atoms with van der Waals surface area (Å²) >= 11 is 1.44. The van der Waals surface area contributed by atoms with Gasteiger partial charge in [-0.25, -0.2) is 4.79 Å². The summed E-state index contributed by atoms with van der Waals surface area (Å²) in [6, 6.07) is -1.13. The fraction of sp³-hybridized carbons (Fsp3) is 0.444.